The number of nitrogens with zero attached hydrogens (tertiary/aromatic N) is 2. The molecule has 0 spiro atoms. The minimum atomic E-state index is -1.07. The number of carboxylic acid groups (broad SMARTS) is 1. The number of carboxylic acids is 1. The van der Waals surface area contributed by atoms with Gasteiger partial charge >= 0.3 is 5.97 Å². The van der Waals surface area contributed by atoms with Gasteiger partial charge in [-0.25, -0.2) is 14.2 Å². The van der Waals surface area contributed by atoms with Crippen LogP contribution in [0.25, 0.3) is 10.7 Å². The van der Waals surface area contributed by atoms with Gasteiger partial charge in [0, 0.05) is 4.88 Å². The van der Waals surface area contributed by atoms with Crippen molar-refractivity contribution in [2.75, 3.05) is 0 Å². The third kappa shape index (κ3) is 1.92. The molecular weight excluding hydrogens is 231 g/mol. The van der Waals surface area contributed by atoms with Crippen LogP contribution in [-0.4, -0.2) is 21.0 Å². The molecule has 0 aliphatic heterocycles. The van der Waals surface area contributed by atoms with Crippen molar-refractivity contribution >= 4 is 17.3 Å². The van der Waals surface area contributed by atoms with Crippen molar-refractivity contribution in [2.24, 2.45) is 0 Å². The van der Waals surface area contributed by atoms with E-state index in [1.807, 2.05) is 0 Å². The summed E-state index contributed by atoms with van der Waals surface area (Å²) in [5.41, 5.74) is 0.494. The number of aryl methyl sites for hydroxylation is 1. The predicted molar refractivity (Wildman–Crippen MR) is 57.0 cm³/mol. The summed E-state index contributed by atoms with van der Waals surface area (Å²) >= 11 is 1.22. The highest BCUT2D eigenvalue weighted by atomic mass is 32.1. The Kier molecular flexibility index (Phi) is 2.66. The third-order valence-corrected chi connectivity index (χ3v) is 2.94. The van der Waals surface area contributed by atoms with Crippen molar-refractivity contribution in [3.05, 3.63) is 34.7 Å². The van der Waals surface area contributed by atoms with Gasteiger partial charge in [-0.3, -0.25) is 4.98 Å². The lowest BCUT2D eigenvalue weighted by atomic mass is 10.3. The number of aromatic nitrogens is 2. The summed E-state index contributed by atoms with van der Waals surface area (Å²) in [6.45, 7) is 1.67. The molecule has 0 unspecified atom stereocenters. The van der Waals surface area contributed by atoms with Gasteiger partial charge in [0.25, 0.3) is 0 Å². The van der Waals surface area contributed by atoms with E-state index in [0.29, 0.717) is 15.6 Å². The van der Waals surface area contributed by atoms with Crippen LogP contribution >= 0.6 is 11.3 Å². The molecule has 1 N–H and O–H groups in total. The van der Waals surface area contributed by atoms with Crippen molar-refractivity contribution < 1.29 is 14.3 Å². The number of rotatable bonds is 2. The van der Waals surface area contributed by atoms with Crippen molar-refractivity contribution in [2.45, 2.75) is 6.92 Å². The molecule has 0 aliphatic carbocycles. The van der Waals surface area contributed by atoms with Gasteiger partial charge in [0.2, 0.25) is 0 Å². The van der Waals surface area contributed by atoms with Crippen LogP contribution in [0.2, 0.25) is 0 Å². The molecule has 4 nitrogen and oxygen atoms in total. The summed E-state index contributed by atoms with van der Waals surface area (Å²) in [4.78, 5) is 19.2. The average molecular weight is 238 g/mol. The highest BCUT2D eigenvalue weighted by molar-refractivity contribution is 7.15. The molecule has 6 heteroatoms. The zero-order chi connectivity index (χ0) is 11.7. The van der Waals surface area contributed by atoms with E-state index in [1.165, 1.54) is 23.5 Å². The molecule has 2 aromatic rings. The van der Waals surface area contributed by atoms with Gasteiger partial charge in [-0.05, 0) is 19.1 Å². The first-order valence-corrected chi connectivity index (χ1v) is 5.22. The molecule has 0 saturated carbocycles. The van der Waals surface area contributed by atoms with E-state index in [0.717, 1.165) is 6.20 Å². The van der Waals surface area contributed by atoms with Gasteiger partial charge in [0.15, 0.2) is 5.69 Å². The Bertz CT molecular complexity index is 536. The highest BCUT2D eigenvalue weighted by Crippen LogP contribution is 2.26. The normalized spacial score (nSPS) is 10.4. The number of carbonyl (C=O) groups is 1. The van der Waals surface area contributed by atoms with Crippen molar-refractivity contribution in [3.8, 4) is 10.7 Å². The van der Waals surface area contributed by atoms with Crippen molar-refractivity contribution in [1.29, 1.82) is 0 Å². The zero-order valence-electron chi connectivity index (χ0n) is 8.27. The van der Waals surface area contributed by atoms with Crippen molar-refractivity contribution in [1.82, 2.24) is 9.97 Å². The first-order valence-electron chi connectivity index (χ1n) is 4.40. The van der Waals surface area contributed by atoms with E-state index >= 15 is 0 Å². The molecule has 2 heterocycles. The number of hydrogen-bond donors (Lipinski definition) is 1. The maximum atomic E-state index is 12.6. The van der Waals surface area contributed by atoms with Crippen molar-refractivity contribution in [3.63, 3.8) is 0 Å². The summed E-state index contributed by atoms with van der Waals surface area (Å²) in [6, 6.07) is 2.73. The number of pyridine rings is 1. The lowest BCUT2D eigenvalue weighted by molar-refractivity contribution is 0.0690. The smallest absolute Gasteiger partial charge is 0.355 e. The Balaban J connectivity index is 2.45. The molecule has 2 aromatic heterocycles. The lowest BCUT2D eigenvalue weighted by Crippen LogP contribution is -1.98. The molecule has 0 saturated heterocycles. The van der Waals surface area contributed by atoms with E-state index in [1.54, 1.807) is 6.92 Å². The van der Waals surface area contributed by atoms with Crippen LogP contribution in [0, 0.1) is 12.7 Å². The lowest BCUT2D eigenvalue weighted by Gasteiger charge is -1.93. The second kappa shape index (κ2) is 3.97. The summed E-state index contributed by atoms with van der Waals surface area (Å²) in [6.07, 6.45) is 1.08. The number of aromatic carboxylic acids is 1. The van der Waals surface area contributed by atoms with Crippen LogP contribution < -0.4 is 0 Å². The van der Waals surface area contributed by atoms with Crippen LogP contribution in [0.15, 0.2) is 18.3 Å². The van der Waals surface area contributed by atoms with Gasteiger partial charge < -0.3 is 5.11 Å². The minimum Gasteiger partial charge on any atom is -0.476 e. The van der Waals surface area contributed by atoms with Gasteiger partial charge in [0.05, 0.1) is 11.9 Å². The first kappa shape index (κ1) is 10.7. The molecule has 0 aromatic carbocycles. The maximum Gasteiger partial charge on any atom is 0.355 e. The standard InChI is InChI=1S/C10H7FN2O2S/c1-5-8(10(14)15)13-9(16-5)7-3-2-6(11)4-12-7/h2-4H,1H3,(H,14,15). The van der Waals surface area contributed by atoms with E-state index in [2.05, 4.69) is 9.97 Å². The minimum absolute atomic E-state index is 0.0196. The van der Waals surface area contributed by atoms with E-state index in [9.17, 15) is 9.18 Å². The summed E-state index contributed by atoms with van der Waals surface area (Å²) in [7, 11) is 0. The second-order valence-electron chi connectivity index (χ2n) is 3.09. The number of thiazole rings is 1. The summed E-state index contributed by atoms with van der Waals surface area (Å²) in [5.74, 6) is -1.50. The largest absolute Gasteiger partial charge is 0.476 e. The fourth-order valence-electron chi connectivity index (χ4n) is 1.21. The Morgan fingerprint density at radius 1 is 1.50 bits per heavy atom. The van der Waals surface area contributed by atoms with E-state index < -0.39 is 11.8 Å². The van der Waals surface area contributed by atoms with Crippen LogP contribution in [0.1, 0.15) is 15.4 Å². The van der Waals surface area contributed by atoms with Gasteiger partial charge in [-0.1, -0.05) is 0 Å². The summed E-state index contributed by atoms with van der Waals surface area (Å²) < 4.78 is 12.6. The quantitative estimate of drug-likeness (QED) is 0.872. The molecule has 16 heavy (non-hydrogen) atoms. The highest BCUT2D eigenvalue weighted by Gasteiger charge is 2.15. The average Bonchev–Trinajstić information content (AvgIpc) is 2.61. The molecule has 0 radical (unpaired) electrons. The predicted octanol–water partition coefficient (Wildman–Crippen LogP) is 2.35. The fourth-order valence-corrected chi connectivity index (χ4v) is 2.09. The molecule has 0 fully saturated rings. The van der Waals surface area contributed by atoms with E-state index in [-0.39, 0.29) is 5.69 Å². The number of hydrogen-bond acceptors (Lipinski definition) is 4. The van der Waals surface area contributed by atoms with Gasteiger partial charge in [-0.15, -0.1) is 11.3 Å². The maximum absolute atomic E-state index is 12.6. The molecule has 2 rings (SSSR count). The second-order valence-corrected chi connectivity index (χ2v) is 4.29. The van der Waals surface area contributed by atoms with E-state index in [4.69, 9.17) is 5.11 Å². The Morgan fingerprint density at radius 3 is 2.75 bits per heavy atom. The van der Waals surface area contributed by atoms with Crippen LogP contribution in [0.4, 0.5) is 4.39 Å². The Labute approximate surface area is 94.4 Å². The fraction of sp³-hybridized carbons (Fsp3) is 0.100. The monoisotopic (exact) mass is 238 g/mol. The van der Waals surface area contributed by atoms with Crippen LogP contribution in [-0.2, 0) is 0 Å². The molecule has 0 atom stereocenters. The molecular formula is C10H7FN2O2S. The van der Waals surface area contributed by atoms with Gasteiger partial charge in [0.1, 0.15) is 10.8 Å². The van der Waals surface area contributed by atoms with Gasteiger partial charge in [-0.2, -0.15) is 0 Å². The number of halogens is 1. The molecule has 0 bridgehead atoms. The third-order valence-electron chi connectivity index (χ3n) is 1.95. The molecule has 82 valence electrons. The molecule has 0 aliphatic rings. The summed E-state index contributed by atoms with van der Waals surface area (Å²) in [5, 5.41) is 9.32. The Hall–Kier alpha value is -1.82. The zero-order valence-corrected chi connectivity index (χ0v) is 9.08. The first-order chi connectivity index (χ1) is 7.58. The SMILES string of the molecule is Cc1sc(-c2ccc(F)cn2)nc1C(=O)O. The van der Waals surface area contributed by atoms with Crippen LogP contribution in [0.5, 0.6) is 0 Å². The Morgan fingerprint density at radius 2 is 2.25 bits per heavy atom. The topological polar surface area (TPSA) is 63.1 Å². The molecule has 0 amide bonds. The van der Waals surface area contributed by atoms with Crippen LogP contribution in [0.3, 0.4) is 0 Å².